The summed E-state index contributed by atoms with van der Waals surface area (Å²) in [7, 11) is -3.66. The minimum atomic E-state index is -4.49. The number of hydrogen-bond acceptors (Lipinski definition) is 3. The molecule has 0 radical (unpaired) electrons. The largest absolute Gasteiger partial charge is 0.435 e. The summed E-state index contributed by atoms with van der Waals surface area (Å²) in [6.07, 6.45) is -4.16. The second-order valence-corrected chi connectivity index (χ2v) is 7.65. The van der Waals surface area contributed by atoms with Crippen LogP contribution >= 0.6 is 0 Å². The van der Waals surface area contributed by atoms with E-state index in [4.69, 9.17) is 0 Å². The van der Waals surface area contributed by atoms with Crippen molar-refractivity contribution in [2.24, 2.45) is 0 Å². The molecule has 0 saturated heterocycles. The van der Waals surface area contributed by atoms with Crippen LogP contribution in [0.4, 0.5) is 13.2 Å². The number of sulfonamides is 1. The van der Waals surface area contributed by atoms with E-state index in [1.807, 2.05) is 6.07 Å². The van der Waals surface area contributed by atoms with Crippen molar-refractivity contribution >= 4 is 10.0 Å². The first-order valence-corrected chi connectivity index (χ1v) is 9.17. The Hall–Kier alpha value is -1.87. The molecule has 2 aromatic rings. The molecule has 0 unspecified atom stereocenters. The van der Waals surface area contributed by atoms with Crippen LogP contribution in [0.3, 0.4) is 0 Å². The van der Waals surface area contributed by atoms with Crippen molar-refractivity contribution in [1.82, 2.24) is 14.5 Å². The van der Waals surface area contributed by atoms with Crippen LogP contribution in [0.25, 0.3) is 0 Å². The highest BCUT2D eigenvalue weighted by atomic mass is 32.2. The Morgan fingerprint density at radius 1 is 1.16 bits per heavy atom. The predicted molar refractivity (Wildman–Crippen MR) is 87.7 cm³/mol. The molecule has 0 saturated carbocycles. The maximum atomic E-state index is 12.6. The Bertz CT molecular complexity index is 858. The normalized spacial score (nSPS) is 12.6. The van der Waals surface area contributed by atoms with Gasteiger partial charge in [-0.15, -0.1) is 0 Å². The van der Waals surface area contributed by atoms with Gasteiger partial charge in [0.2, 0.25) is 10.0 Å². The maximum absolute atomic E-state index is 12.6. The maximum Gasteiger partial charge on any atom is 0.435 e. The first kappa shape index (κ1) is 19.5. The molecule has 1 aromatic carbocycles. The number of nitrogens with one attached hydrogen (secondary N) is 1. The van der Waals surface area contributed by atoms with E-state index in [1.165, 1.54) is 11.6 Å². The summed E-state index contributed by atoms with van der Waals surface area (Å²) in [6, 6.07) is 6.12. The molecular weight excluding hydrogens is 355 g/mol. The summed E-state index contributed by atoms with van der Waals surface area (Å²) in [4.78, 5) is 0.210. The van der Waals surface area contributed by atoms with Crippen LogP contribution < -0.4 is 4.72 Å². The summed E-state index contributed by atoms with van der Waals surface area (Å²) < 4.78 is 66.2. The van der Waals surface area contributed by atoms with E-state index in [-0.39, 0.29) is 18.0 Å². The number of benzene rings is 1. The number of aryl methyl sites for hydroxylation is 4. The highest BCUT2D eigenvalue weighted by molar-refractivity contribution is 7.89. The summed E-state index contributed by atoms with van der Waals surface area (Å²) in [5, 5.41) is 3.51. The minimum absolute atomic E-state index is 0.108. The van der Waals surface area contributed by atoms with Gasteiger partial charge in [0, 0.05) is 18.8 Å². The zero-order valence-corrected chi connectivity index (χ0v) is 15.0. The SMILES string of the molecule is Cc1ccc(C)c(S(=O)(=O)NCCCn2nc(C(F)(F)F)cc2C)c1. The molecule has 138 valence electrons. The van der Waals surface area contributed by atoms with Crippen molar-refractivity contribution in [3.63, 3.8) is 0 Å². The quantitative estimate of drug-likeness (QED) is 0.789. The van der Waals surface area contributed by atoms with Crippen LogP contribution in [0.2, 0.25) is 0 Å². The molecule has 0 aliphatic carbocycles. The third kappa shape index (κ3) is 4.82. The van der Waals surface area contributed by atoms with Crippen molar-refractivity contribution < 1.29 is 21.6 Å². The molecule has 2 rings (SSSR count). The van der Waals surface area contributed by atoms with Crippen molar-refractivity contribution in [2.45, 2.75) is 44.8 Å². The van der Waals surface area contributed by atoms with Crippen molar-refractivity contribution in [1.29, 1.82) is 0 Å². The summed E-state index contributed by atoms with van der Waals surface area (Å²) in [6.45, 7) is 5.34. The summed E-state index contributed by atoms with van der Waals surface area (Å²) >= 11 is 0. The molecule has 0 aliphatic heterocycles. The fourth-order valence-corrected chi connectivity index (χ4v) is 3.79. The Labute approximate surface area is 144 Å². The minimum Gasteiger partial charge on any atom is -0.269 e. The van der Waals surface area contributed by atoms with Gasteiger partial charge in [0.1, 0.15) is 0 Å². The number of nitrogens with zero attached hydrogens (tertiary/aromatic N) is 2. The number of halogens is 3. The Kier molecular flexibility index (Phi) is 5.58. The van der Waals surface area contributed by atoms with Gasteiger partial charge in [-0.05, 0) is 50.5 Å². The highest BCUT2D eigenvalue weighted by Crippen LogP contribution is 2.28. The molecule has 1 heterocycles. The molecule has 0 bridgehead atoms. The number of rotatable bonds is 6. The zero-order valence-electron chi connectivity index (χ0n) is 14.2. The molecule has 0 fully saturated rings. The van der Waals surface area contributed by atoms with Gasteiger partial charge in [-0.1, -0.05) is 12.1 Å². The van der Waals surface area contributed by atoms with Crippen LogP contribution in [0.1, 0.15) is 28.9 Å². The van der Waals surface area contributed by atoms with E-state index in [1.54, 1.807) is 26.0 Å². The van der Waals surface area contributed by atoms with Gasteiger partial charge in [-0.25, -0.2) is 13.1 Å². The van der Waals surface area contributed by atoms with E-state index < -0.39 is 21.9 Å². The molecule has 1 aromatic heterocycles. The van der Waals surface area contributed by atoms with E-state index in [0.717, 1.165) is 11.6 Å². The number of aromatic nitrogens is 2. The second-order valence-electron chi connectivity index (χ2n) is 5.91. The van der Waals surface area contributed by atoms with Crippen molar-refractivity contribution in [3.8, 4) is 0 Å². The first-order valence-electron chi connectivity index (χ1n) is 7.69. The lowest BCUT2D eigenvalue weighted by molar-refractivity contribution is -0.141. The van der Waals surface area contributed by atoms with Gasteiger partial charge >= 0.3 is 6.18 Å². The topological polar surface area (TPSA) is 64.0 Å². The van der Waals surface area contributed by atoms with E-state index in [0.29, 0.717) is 17.7 Å². The van der Waals surface area contributed by atoms with Gasteiger partial charge < -0.3 is 0 Å². The third-order valence-electron chi connectivity index (χ3n) is 3.74. The van der Waals surface area contributed by atoms with Crippen LogP contribution in [-0.4, -0.2) is 24.7 Å². The first-order chi connectivity index (χ1) is 11.5. The molecule has 0 spiro atoms. The lowest BCUT2D eigenvalue weighted by Crippen LogP contribution is -2.26. The average Bonchev–Trinajstić information content (AvgIpc) is 2.87. The number of hydrogen-bond donors (Lipinski definition) is 1. The molecule has 0 aliphatic rings. The Morgan fingerprint density at radius 2 is 1.84 bits per heavy atom. The predicted octanol–water partition coefficient (Wildman–Crippen LogP) is 3.20. The van der Waals surface area contributed by atoms with Crippen LogP contribution in [-0.2, 0) is 22.7 Å². The van der Waals surface area contributed by atoms with Gasteiger partial charge in [0.05, 0.1) is 4.90 Å². The highest BCUT2D eigenvalue weighted by Gasteiger charge is 2.34. The van der Waals surface area contributed by atoms with Gasteiger partial charge in [0.25, 0.3) is 0 Å². The average molecular weight is 375 g/mol. The van der Waals surface area contributed by atoms with E-state index >= 15 is 0 Å². The molecule has 0 amide bonds. The Morgan fingerprint density at radius 3 is 2.44 bits per heavy atom. The third-order valence-corrected chi connectivity index (χ3v) is 5.35. The zero-order chi connectivity index (χ0) is 18.8. The van der Waals surface area contributed by atoms with E-state index in [9.17, 15) is 21.6 Å². The lowest BCUT2D eigenvalue weighted by atomic mass is 10.2. The Balaban J connectivity index is 1.97. The van der Waals surface area contributed by atoms with Gasteiger partial charge in [-0.3, -0.25) is 4.68 Å². The molecule has 0 atom stereocenters. The van der Waals surface area contributed by atoms with E-state index in [2.05, 4.69) is 9.82 Å². The molecule has 9 heteroatoms. The standard InChI is InChI=1S/C16H20F3N3O2S/c1-11-5-6-12(2)14(9-11)25(23,24)20-7-4-8-22-13(3)10-15(21-22)16(17,18)19/h5-6,9-10,20H,4,7-8H2,1-3H3. The molecule has 5 nitrogen and oxygen atoms in total. The second kappa shape index (κ2) is 7.17. The smallest absolute Gasteiger partial charge is 0.269 e. The monoisotopic (exact) mass is 375 g/mol. The fraction of sp³-hybridized carbons (Fsp3) is 0.438. The van der Waals surface area contributed by atoms with Gasteiger partial charge in [0.15, 0.2) is 5.69 Å². The summed E-state index contributed by atoms with van der Waals surface area (Å²) in [5.41, 5.74) is 0.902. The fourth-order valence-electron chi connectivity index (χ4n) is 2.38. The summed E-state index contributed by atoms with van der Waals surface area (Å²) in [5.74, 6) is 0. The number of alkyl halides is 3. The molecule has 25 heavy (non-hydrogen) atoms. The van der Waals surface area contributed by atoms with Crippen LogP contribution in [0.5, 0.6) is 0 Å². The van der Waals surface area contributed by atoms with Gasteiger partial charge in [-0.2, -0.15) is 18.3 Å². The molecular formula is C16H20F3N3O2S. The van der Waals surface area contributed by atoms with Crippen LogP contribution in [0.15, 0.2) is 29.2 Å². The van der Waals surface area contributed by atoms with Crippen molar-refractivity contribution in [3.05, 3.63) is 46.8 Å². The lowest BCUT2D eigenvalue weighted by Gasteiger charge is -2.10. The van der Waals surface area contributed by atoms with Crippen LogP contribution in [0, 0.1) is 20.8 Å². The van der Waals surface area contributed by atoms with Crippen molar-refractivity contribution in [2.75, 3.05) is 6.54 Å². The molecule has 1 N–H and O–H groups in total.